The first-order valence-electron chi connectivity index (χ1n) is 21.7. The molecule has 0 radical (unpaired) electrons. The number of nitrogens with zero attached hydrogens (tertiary/aromatic N) is 4. The molecule has 4 nitrogen and oxygen atoms in total. The summed E-state index contributed by atoms with van der Waals surface area (Å²) in [6, 6.07) is 78.4. The number of para-hydroxylation sites is 2. The maximum absolute atomic E-state index is 5.44. The van der Waals surface area contributed by atoms with Crippen LogP contribution in [0.3, 0.4) is 0 Å². The van der Waals surface area contributed by atoms with Gasteiger partial charge in [-0.25, -0.2) is 9.97 Å². The van der Waals surface area contributed by atoms with Gasteiger partial charge in [0.05, 0.1) is 33.8 Å². The van der Waals surface area contributed by atoms with Gasteiger partial charge >= 0.3 is 0 Å². The third-order valence-electron chi connectivity index (χ3n) is 13.0. The molecule has 0 bridgehead atoms. The molecule has 2 aromatic heterocycles. The van der Waals surface area contributed by atoms with Gasteiger partial charge in [-0.3, -0.25) is 4.57 Å². The Kier molecular flexibility index (Phi) is 8.48. The van der Waals surface area contributed by atoms with Gasteiger partial charge in [-0.1, -0.05) is 184 Å². The first-order valence-corrected chi connectivity index (χ1v) is 21.7. The molecule has 0 N–H and O–H groups in total. The highest BCUT2D eigenvalue weighted by Crippen LogP contribution is 2.53. The molecule has 298 valence electrons. The lowest BCUT2D eigenvalue weighted by molar-refractivity contribution is 0.632. The van der Waals surface area contributed by atoms with Crippen LogP contribution in [-0.2, 0) is 5.41 Å². The molecule has 11 aromatic rings. The Morgan fingerprint density at radius 2 is 0.968 bits per heavy atom. The Bertz CT molecular complexity index is 3520. The van der Waals surface area contributed by atoms with E-state index in [1.165, 1.54) is 66.3 Å². The van der Waals surface area contributed by atoms with Crippen molar-refractivity contribution >= 4 is 49.6 Å². The number of hydrogen-bond donors (Lipinski definition) is 0. The van der Waals surface area contributed by atoms with Crippen molar-refractivity contribution in [3.63, 3.8) is 0 Å². The van der Waals surface area contributed by atoms with E-state index in [1.54, 1.807) is 0 Å². The fourth-order valence-electron chi connectivity index (χ4n) is 9.91. The zero-order valence-corrected chi connectivity index (χ0v) is 35.1. The first kappa shape index (κ1) is 36.7. The highest BCUT2D eigenvalue weighted by molar-refractivity contribution is 6.25. The maximum Gasteiger partial charge on any atom is 0.235 e. The Balaban J connectivity index is 1.10. The van der Waals surface area contributed by atoms with Crippen LogP contribution in [0, 0.1) is 0 Å². The lowest BCUT2D eigenvalue weighted by Crippen LogP contribution is -2.30. The summed E-state index contributed by atoms with van der Waals surface area (Å²) in [7, 11) is 0. The van der Waals surface area contributed by atoms with Crippen LogP contribution in [-0.4, -0.2) is 14.5 Å². The molecule has 0 spiro atoms. The largest absolute Gasteiger partial charge is 0.310 e. The highest BCUT2D eigenvalue weighted by atomic mass is 15.2. The molecular weight excluding hydrogens is 765 g/mol. The summed E-state index contributed by atoms with van der Waals surface area (Å²) in [5.41, 5.74) is 16.5. The van der Waals surface area contributed by atoms with Crippen LogP contribution >= 0.6 is 0 Å². The van der Waals surface area contributed by atoms with Gasteiger partial charge in [-0.2, -0.15) is 0 Å². The minimum absolute atomic E-state index is 0.247. The Morgan fingerprint density at radius 1 is 0.397 bits per heavy atom. The zero-order chi connectivity index (χ0) is 42.1. The number of benzene rings is 9. The summed E-state index contributed by atoms with van der Waals surface area (Å²) in [6.07, 6.45) is 0. The Hall–Kier alpha value is -8.08. The predicted octanol–water partition coefficient (Wildman–Crippen LogP) is 15.5. The van der Waals surface area contributed by atoms with Crippen LogP contribution in [0.25, 0.3) is 83.3 Å². The fourth-order valence-corrected chi connectivity index (χ4v) is 9.91. The topological polar surface area (TPSA) is 34.0 Å². The number of rotatable bonds is 6. The Labute approximate surface area is 367 Å². The van der Waals surface area contributed by atoms with Crippen molar-refractivity contribution in [1.29, 1.82) is 0 Å². The van der Waals surface area contributed by atoms with Crippen LogP contribution in [0.1, 0.15) is 25.0 Å². The van der Waals surface area contributed by atoms with E-state index in [1.807, 2.05) is 6.07 Å². The molecule has 0 aliphatic carbocycles. The molecular formula is C59H42N4. The van der Waals surface area contributed by atoms with Gasteiger partial charge in [0.1, 0.15) is 0 Å². The number of fused-ring (bicyclic) bond motifs is 7. The SMILES string of the molecule is CC1(C)c2ccccc2N(c2ccccc2)c2ccc(-c3cccc4c3c3c5ccccc5ccc3n4-c3nc(-c4ccccc4)cc(-c4ccc(-c5ccccc5)cc4)n3)cc21. The van der Waals surface area contributed by atoms with Gasteiger partial charge in [0.25, 0.3) is 0 Å². The lowest BCUT2D eigenvalue weighted by Gasteiger charge is -2.42. The smallest absolute Gasteiger partial charge is 0.235 e. The third-order valence-corrected chi connectivity index (χ3v) is 13.0. The monoisotopic (exact) mass is 806 g/mol. The summed E-state index contributed by atoms with van der Waals surface area (Å²) in [5.74, 6) is 0.632. The molecule has 12 rings (SSSR count). The number of aromatic nitrogens is 3. The van der Waals surface area contributed by atoms with E-state index >= 15 is 0 Å². The maximum atomic E-state index is 5.44. The van der Waals surface area contributed by atoms with E-state index in [0.29, 0.717) is 5.95 Å². The predicted molar refractivity (Wildman–Crippen MR) is 262 cm³/mol. The van der Waals surface area contributed by atoms with Gasteiger partial charge < -0.3 is 4.90 Å². The molecule has 0 amide bonds. The first-order chi connectivity index (χ1) is 31.0. The molecule has 0 saturated heterocycles. The minimum atomic E-state index is -0.247. The molecule has 4 heteroatoms. The summed E-state index contributed by atoms with van der Waals surface area (Å²) < 4.78 is 2.28. The fraction of sp³-hybridized carbons (Fsp3) is 0.0508. The normalized spacial score (nSPS) is 13.0. The molecule has 0 saturated carbocycles. The van der Waals surface area contributed by atoms with Crippen LogP contribution in [0.4, 0.5) is 17.1 Å². The van der Waals surface area contributed by atoms with Crippen LogP contribution in [0.15, 0.2) is 218 Å². The second-order valence-corrected chi connectivity index (χ2v) is 17.0. The summed E-state index contributed by atoms with van der Waals surface area (Å²) in [5, 5.41) is 4.76. The van der Waals surface area contributed by atoms with Crippen molar-refractivity contribution in [2.24, 2.45) is 0 Å². The molecule has 9 aromatic carbocycles. The second-order valence-electron chi connectivity index (χ2n) is 17.0. The lowest BCUT2D eigenvalue weighted by atomic mass is 9.73. The van der Waals surface area contributed by atoms with Crippen molar-refractivity contribution in [3.8, 4) is 50.7 Å². The van der Waals surface area contributed by atoms with E-state index in [4.69, 9.17) is 9.97 Å². The second kappa shape index (κ2) is 14.5. The Morgan fingerprint density at radius 3 is 1.73 bits per heavy atom. The van der Waals surface area contributed by atoms with E-state index in [-0.39, 0.29) is 5.41 Å². The molecule has 0 atom stereocenters. The summed E-state index contributed by atoms with van der Waals surface area (Å²) >= 11 is 0. The summed E-state index contributed by atoms with van der Waals surface area (Å²) in [6.45, 7) is 4.72. The van der Waals surface area contributed by atoms with Gasteiger partial charge in [0.15, 0.2) is 0 Å². The van der Waals surface area contributed by atoms with Crippen LogP contribution < -0.4 is 4.90 Å². The molecule has 0 fully saturated rings. The molecule has 3 heterocycles. The number of hydrogen-bond acceptors (Lipinski definition) is 3. The van der Waals surface area contributed by atoms with Gasteiger partial charge in [0.2, 0.25) is 5.95 Å². The molecule has 0 unspecified atom stereocenters. The van der Waals surface area contributed by atoms with E-state index in [9.17, 15) is 0 Å². The van der Waals surface area contributed by atoms with Crippen molar-refractivity contribution in [2.45, 2.75) is 19.3 Å². The van der Waals surface area contributed by atoms with Crippen molar-refractivity contribution in [3.05, 3.63) is 230 Å². The summed E-state index contributed by atoms with van der Waals surface area (Å²) in [4.78, 5) is 13.3. The minimum Gasteiger partial charge on any atom is -0.310 e. The molecule has 1 aliphatic heterocycles. The van der Waals surface area contributed by atoms with E-state index in [0.717, 1.165) is 39.2 Å². The average molecular weight is 807 g/mol. The van der Waals surface area contributed by atoms with Crippen molar-refractivity contribution < 1.29 is 0 Å². The molecule has 1 aliphatic rings. The van der Waals surface area contributed by atoms with Crippen molar-refractivity contribution in [1.82, 2.24) is 14.5 Å². The standard InChI is InChI=1S/C59H42N4/c1-59(2)48-26-14-15-27-52(48)62(45-22-10-5-11-23-45)53-35-34-44(37-49(53)59)47-25-16-28-54-57(47)56-46-24-13-12-19-41(46)33-36-55(56)63(54)58-60-50(42-20-8-4-9-21-42)38-51(61-58)43-31-29-40(30-32-43)39-17-6-3-7-18-39/h3-38H,1-2H3. The van der Waals surface area contributed by atoms with Gasteiger partial charge in [-0.05, 0) is 92.7 Å². The third kappa shape index (κ3) is 5.98. The average Bonchev–Trinajstić information content (AvgIpc) is 3.70. The zero-order valence-electron chi connectivity index (χ0n) is 35.1. The number of anilines is 3. The van der Waals surface area contributed by atoms with Crippen LogP contribution in [0.5, 0.6) is 0 Å². The van der Waals surface area contributed by atoms with Gasteiger partial charge in [-0.15, -0.1) is 0 Å². The van der Waals surface area contributed by atoms with E-state index in [2.05, 4.69) is 236 Å². The van der Waals surface area contributed by atoms with Gasteiger partial charge in [0, 0.05) is 33.0 Å². The quantitative estimate of drug-likeness (QED) is 0.168. The van der Waals surface area contributed by atoms with E-state index < -0.39 is 0 Å². The van der Waals surface area contributed by atoms with Crippen LogP contribution in [0.2, 0.25) is 0 Å². The molecule has 63 heavy (non-hydrogen) atoms. The highest BCUT2D eigenvalue weighted by Gasteiger charge is 2.37. The van der Waals surface area contributed by atoms with Crippen molar-refractivity contribution in [2.75, 3.05) is 4.90 Å².